The number of rotatable bonds is 7. The lowest BCUT2D eigenvalue weighted by Crippen LogP contribution is -2.11. The quantitative estimate of drug-likeness (QED) is 0.607. The Morgan fingerprint density at radius 2 is 1.83 bits per heavy atom. The Hall–Kier alpha value is -0.630. The fraction of sp³-hybridized carbons (Fsp3) is 0.571. The molecule has 0 aliphatic carbocycles. The van der Waals surface area contributed by atoms with E-state index in [1.165, 1.54) is 18.4 Å². The van der Waals surface area contributed by atoms with E-state index in [1.807, 2.05) is 12.1 Å². The first-order chi connectivity index (χ1) is 8.45. The van der Waals surface area contributed by atoms with Crippen LogP contribution in [0.2, 0.25) is 0 Å². The monoisotopic (exact) mass is 270 g/mol. The van der Waals surface area contributed by atoms with Crippen molar-refractivity contribution in [3.05, 3.63) is 29.8 Å². The molecule has 0 aromatic heterocycles. The maximum absolute atomic E-state index is 11.9. The second-order valence-electron chi connectivity index (χ2n) is 4.80. The van der Waals surface area contributed by atoms with Gasteiger partial charge in [0.2, 0.25) is 0 Å². The highest BCUT2D eigenvalue weighted by Gasteiger charge is 2.23. The van der Waals surface area contributed by atoms with Crippen molar-refractivity contribution < 1.29 is 14.0 Å². The molecule has 102 valence electrons. The molecule has 0 fully saturated rings. The van der Waals surface area contributed by atoms with Crippen LogP contribution >= 0.6 is 7.60 Å². The summed E-state index contributed by atoms with van der Waals surface area (Å²) in [5, 5.41) is 0.371. The first-order valence-electron chi connectivity index (χ1n) is 6.56. The van der Waals surface area contributed by atoms with Gasteiger partial charge in [-0.1, -0.05) is 31.9 Å². The lowest BCUT2D eigenvalue weighted by Gasteiger charge is -2.15. The zero-order chi connectivity index (χ0) is 13.6. The maximum atomic E-state index is 11.9. The van der Waals surface area contributed by atoms with Gasteiger partial charge in [0.05, 0.1) is 11.4 Å². The van der Waals surface area contributed by atoms with Crippen LogP contribution in [-0.2, 0) is 15.5 Å². The van der Waals surface area contributed by atoms with Gasteiger partial charge in [-0.05, 0) is 44.4 Å². The van der Waals surface area contributed by atoms with Crippen molar-refractivity contribution in [2.45, 2.75) is 52.6 Å². The molecule has 1 atom stereocenters. The summed E-state index contributed by atoms with van der Waals surface area (Å²) in [4.78, 5) is 9.79. The molecule has 0 radical (unpaired) electrons. The number of aryl methyl sites for hydroxylation is 1. The Morgan fingerprint density at radius 3 is 2.33 bits per heavy atom. The Kier molecular flexibility index (Phi) is 6.07. The van der Waals surface area contributed by atoms with Crippen LogP contribution in [0.1, 0.15) is 45.6 Å². The second kappa shape index (κ2) is 7.08. The molecule has 3 nitrogen and oxygen atoms in total. The summed E-state index contributed by atoms with van der Waals surface area (Å²) in [5.74, 6) is 0. The Balaban J connectivity index is 2.67. The zero-order valence-corrected chi connectivity index (χ0v) is 12.3. The number of unbranched alkanes of at least 4 members (excludes halogenated alkanes) is 2. The molecule has 4 heteroatoms. The summed E-state index contributed by atoms with van der Waals surface area (Å²) in [7, 11) is -3.65. The Bertz CT molecular complexity index is 398. The molecule has 1 N–H and O–H groups in total. The van der Waals surface area contributed by atoms with Crippen LogP contribution in [0, 0.1) is 0 Å². The molecule has 1 aromatic carbocycles. The molecule has 1 aromatic rings. The summed E-state index contributed by atoms with van der Waals surface area (Å²) in [6.07, 6.45) is 4.34. The number of hydrogen-bond donors (Lipinski definition) is 1. The minimum atomic E-state index is -3.65. The Morgan fingerprint density at radius 1 is 1.22 bits per heavy atom. The van der Waals surface area contributed by atoms with Gasteiger partial charge in [-0.3, -0.25) is 4.57 Å². The van der Waals surface area contributed by atoms with Crippen LogP contribution in [0.5, 0.6) is 0 Å². The third-order valence-corrected chi connectivity index (χ3v) is 4.34. The van der Waals surface area contributed by atoms with Crippen LogP contribution in [0.25, 0.3) is 0 Å². The molecule has 0 amide bonds. The van der Waals surface area contributed by atoms with Crippen molar-refractivity contribution in [3.63, 3.8) is 0 Å². The van der Waals surface area contributed by atoms with E-state index in [9.17, 15) is 9.46 Å². The third-order valence-electron chi connectivity index (χ3n) is 2.69. The van der Waals surface area contributed by atoms with Gasteiger partial charge in [0.25, 0.3) is 0 Å². The summed E-state index contributed by atoms with van der Waals surface area (Å²) >= 11 is 0. The van der Waals surface area contributed by atoms with E-state index in [0.29, 0.717) is 5.30 Å². The minimum Gasteiger partial charge on any atom is -0.321 e. The third kappa shape index (κ3) is 4.93. The molecule has 0 heterocycles. The number of benzene rings is 1. The highest BCUT2D eigenvalue weighted by molar-refractivity contribution is 7.61. The van der Waals surface area contributed by atoms with Gasteiger partial charge in [0, 0.05) is 0 Å². The van der Waals surface area contributed by atoms with E-state index in [0.717, 1.165) is 12.8 Å². The van der Waals surface area contributed by atoms with Crippen LogP contribution in [0.3, 0.4) is 0 Å². The molecule has 1 unspecified atom stereocenters. The molecule has 0 aliphatic rings. The van der Waals surface area contributed by atoms with Crippen molar-refractivity contribution in [1.82, 2.24) is 0 Å². The predicted octanol–water partition coefficient (Wildman–Crippen LogP) is 3.66. The highest BCUT2D eigenvalue weighted by Crippen LogP contribution is 2.41. The molecule has 0 saturated heterocycles. The molecule has 0 spiro atoms. The van der Waals surface area contributed by atoms with Gasteiger partial charge >= 0.3 is 7.60 Å². The van der Waals surface area contributed by atoms with E-state index in [1.54, 1.807) is 26.0 Å². The van der Waals surface area contributed by atoms with Gasteiger partial charge in [0.1, 0.15) is 0 Å². The van der Waals surface area contributed by atoms with E-state index in [2.05, 4.69) is 6.92 Å². The van der Waals surface area contributed by atoms with E-state index in [4.69, 9.17) is 4.52 Å². The Labute approximate surface area is 110 Å². The minimum absolute atomic E-state index is 0.259. The van der Waals surface area contributed by atoms with Crippen molar-refractivity contribution in [3.8, 4) is 0 Å². The largest absolute Gasteiger partial charge is 0.359 e. The van der Waals surface area contributed by atoms with Gasteiger partial charge in [-0.15, -0.1) is 0 Å². The highest BCUT2D eigenvalue weighted by atomic mass is 31.2. The average molecular weight is 270 g/mol. The summed E-state index contributed by atoms with van der Waals surface area (Å²) < 4.78 is 17.0. The molecule has 1 rings (SSSR count). The molecule has 18 heavy (non-hydrogen) atoms. The SMILES string of the molecule is CCCCCc1ccc(P(=O)(O)OC(C)C)cc1. The summed E-state index contributed by atoms with van der Waals surface area (Å²) in [6, 6.07) is 7.23. The van der Waals surface area contributed by atoms with Gasteiger partial charge in [-0.2, -0.15) is 0 Å². The maximum Gasteiger partial charge on any atom is 0.359 e. The van der Waals surface area contributed by atoms with Crippen molar-refractivity contribution in [1.29, 1.82) is 0 Å². The van der Waals surface area contributed by atoms with E-state index in [-0.39, 0.29) is 6.10 Å². The zero-order valence-electron chi connectivity index (χ0n) is 11.4. The lowest BCUT2D eigenvalue weighted by atomic mass is 10.1. The van der Waals surface area contributed by atoms with E-state index >= 15 is 0 Å². The van der Waals surface area contributed by atoms with Crippen LogP contribution < -0.4 is 5.30 Å². The van der Waals surface area contributed by atoms with Crippen molar-refractivity contribution in [2.24, 2.45) is 0 Å². The predicted molar refractivity (Wildman–Crippen MR) is 75.4 cm³/mol. The standard InChI is InChI=1S/C14H23O3P/c1-4-5-6-7-13-8-10-14(11-9-13)18(15,16)17-12(2)3/h8-12H,4-7H2,1-3H3,(H,15,16). The van der Waals surface area contributed by atoms with Crippen molar-refractivity contribution in [2.75, 3.05) is 0 Å². The van der Waals surface area contributed by atoms with Crippen LogP contribution in [0.4, 0.5) is 0 Å². The molecule has 0 saturated carbocycles. The molecular formula is C14H23O3P. The van der Waals surface area contributed by atoms with Gasteiger partial charge in [0.15, 0.2) is 0 Å². The molecule has 0 aliphatic heterocycles. The molecular weight excluding hydrogens is 247 g/mol. The van der Waals surface area contributed by atoms with Gasteiger partial charge in [-0.25, -0.2) is 0 Å². The smallest absolute Gasteiger partial charge is 0.321 e. The fourth-order valence-electron chi connectivity index (χ4n) is 1.78. The normalized spacial score (nSPS) is 14.7. The lowest BCUT2D eigenvalue weighted by molar-refractivity contribution is 0.212. The van der Waals surface area contributed by atoms with Crippen molar-refractivity contribution >= 4 is 12.9 Å². The average Bonchev–Trinajstić information content (AvgIpc) is 2.28. The van der Waals surface area contributed by atoms with Crippen LogP contribution in [0.15, 0.2) is 24.3 Å². The number of hydrogen-bond acceptors (Lipinski definition) is 2. The topological polar surface area (TPSA) is 46.5 Å². The molecule has 0 bridgehead atoms. The first-order valence-corrected chi connectivity index (χ1v) is 8.14. The fourth-order valence-corrected chi connectivity index (χ4v) is 3.00. The summed E-state index contributed by atoms with van der Waals surface area (Å²) in [5.41, 5.74) is 1.21. The first kappa shape index (κ1) is 15.4. The second-order valence-corrected chi connectivity index (χ2v) is 6.57. The van der Waals surface area contributed by atoms with Crippen LogP contribution in [-0.4, -0.2) is 11.0 Å². The van der Waals surface area contributed by atoms with Gasteiger partial charge < -0.3 is 9.42 Å². The van der Waals surface area contributed by atoms with E-state index < -0.39 is 7.60 Å². The summed E-state index contributed by atoms with van der Waals surface area (Å²) in [6.45, 7) is 5.68.